The molecule has 0 spiro atoms. The van der Waals surface area contributed by atoms with Gasteiger partial charge >= 0.3 is 0 Å². The highest BCUT2D eigenvalue weighted by molar-refractivity contribution is 6.31. The smallest absolute Gasteiger partial charge is 0.159 e. The number of hydrogen-bond donors (Lipinski definition) is 3. The zero-order valence-electron chi connectivity index (χ0n) is 12.6. The molecule has 4 N–H and O–H groups in total. The number of aryl methyl sites for hydroxylation is 1. The van der Waals surface area contributed by atoms with Crippen LogP contribution in [0.4, 0.5) is 23.0 Å². The van der Waals surface area contributed by atoms with Crippen molar-refractivity contribution >= 4 is 34.6 Å². The number of nitrogens with two attached hydrogens (primary N) is 1. The number of rotatable bonds is 4. The van der Waals surface area contributed by atoms with Crippen LogP contribution in [0.3, 0.4) is 0 Å². The van der Waals surface area contributed by atoms with Crippen molar-refractivity contribution in [1.29, 1.82) is 0 Å². The topological polar surface area (TPSA) is 75.9 Å². The van der Waals surface area contributed by atoms with E-state index in [1.54, 1.807) is 0 Å². The average Bonchev–Trinajstić information content (AvgIpc) is 3.00. The van der Waals surface area contributed by atoms with Crippen molar-refractivity contribution in [3.8, 4) is 0 Å². The second-order valence-electron chi connectivity index (χ2n) is 5.70. The third-order valence-electron chi connectivity index (χ3n) is 4.01. The number of nitrogens with zero attached hydrogens (tertiary/aromatic N) is 2. The van der Waals surface area contributed by atoms with E-state index in [4.69, 9.17) is 17.3 Å². The van der Waals surface area contributed by atoms with E-state index in [1.165, 1.54) is 32.0 Å². The van der Waals surface area contributed by atoms with Gasteiger partial charge in [-0.05, 0) is 37.5 Å². The minimum absolute atomic E-state index is 0.457. The van der Waals surface area contributed by atoms with Crippen LogP contribution in [0.1, 0.15) is 31.2 Å². The van der Waals surface area contributed by atoms with Gasteiger partial charge in [0.25, 0.3) is 0 Å². The van der Waals surface area contributed by atoms with Crippen LogP contribution in [-0.2, 0) is 0 Å². The SMILES string of the molecule is Cc1ccc(Nc2ncnc(NC3CCCC3)c2N)cc1Cl. The summed E-state index contributed by atoms with van der Waals surface area (Å²) in [4.78, 5) is 8.49. The highest BCUT2D eigenvalue weighted by Gasteiger charge is 2.17. The maximum atomic E-state index is 6.19. The summed E-state index contributed by atoms with van der Waals surface area (Å²) >= 11 is 6.15. The van der Waals surface area contributed by atoms with Crippen LogP contribution in [0.5, 0.6) is 0 Å². The number of nitrogen functional groups attached to an aromatic ring is 1. The Bertz CT molecular complexity index is 668. The molecule has 1 heterocycles. The summed E-state index contributed by atoms with van der Waals surface area (Å²) in [6.07, 6.45) is 6.37. The van der Waals surface area contributed by atoms with Crippen LogP contribution in [0.15, 0.2) is 24.5 Å². The molecule has 0 unspecified atom stereocenters. The zero-order chi connectivity index (χ0) is 15.5. The summed E-state index contributed by atoms with van der Waals surface area (Å²) < 4.78 is 0. The molecule has 5 nitrogen and oxygen atoms in total. The summed E-state index contributed by atoms with van der Waals surface area (Å²) in [5.41, 5.74) is 8.62. The van der Waals surface area contributed by atoms with E-state index >= 15 is 0 Å². The molecule has 0 saturated heterocycles. The van der Waals surface area contributed by atoms with Crippen LogP contribution in [0.25, 0.3) is 0 Å². The van der Waals surface area contributed by atoms with Gasteiger partial charge in [0.1, 0.15) is 12.0 Å². The molecule has 0 bridgehead atoms. The van der Waals surface area contributed by atoms with Gasteiger partial charge in [-0.3, -0.25) is 0 Å². The van der Waals surface area contributed by atoms with Gasteiger partial charge in [-0.1, -0.05) is 30.5 Å². The van der Waals surface area contributed by atoms with Gasteiger partial charge in [-0.2, -0.15) is 0 Å². The van der Waals surface area contributed by atoms with Gasteiger partial charge in [-0.25, -0.2) is 9.97 Å². The molecule has 2 aromatic rings. The van der Waals surface area contributed by atoms with Crippen molar-refractivity contribution in [2.75, 3.05) is 16.4 Å². The standard InChI is InChI=1S/C16H20ClN5/c1-10-6-7-12(8-13(10)17)22-16-14(18)15(19-9-20-16)21-11-4-2-3-5-11/h6-9,11H,2-5,18H2,1H3,(H2,19,20,21,22). The summed E-state index contributed by atoms with van der Waals surface area (Å²) in [6.45, 7) is 1.97. The van der Waals surface area contributed by atoms with Crippen LogP contribution in [0.2, 0.25) is 5.02 Å². The van der Waals surface area contributed by atoms with Gasteiger partial charge in [-0.15, -0.1) is 0 Å². The summed E-state index contributed by atoms with van der Waals surface area (Å²) in [7, 11) is 0. The highest BCUT2D eigenvalue weighted by atomic mass is 35.5. The molecule has 0 atom stereocenters. The van der Waals surface area contributed by atoms with E-state index in [0.29, 0.717) is 28.4 Å². The second kappa shape index (κ2) is 6.40. The Morgan fingerprint density at radius 1 is 1.18 bits per heavy atom. The van der Waals surface area contributed by atoms with E-state index < -0.39 is 0 Å². The number of nitrogens with one attached hydrogen (secondary N) is 2. The Kier molecular flexibility index (Phi) is 4.34. The summed E-state index contributed by atoms with van der Waals surface area (Å²) in [5.74, 6) is 1.29. The summed E-state index contributed by atoms with van der Waals surface area (Å²) in [5, 5.41) is 7.33. The Morgan fingerprint density at radius 2 is 1.91 bits per heavy atom. The lowest BCUT2D eigenvalue weighted by atomic mass is 10.2. The molecule has 6 heteroatoms. The Morgan fingerprint density at radius 3 is 2.64 bits per heavy atom. The molecule has 3 rings (SSSR count). The first-order valence-electron chi connectivity index (χ1n) is 7.53. The van der Waals surface area contributed by atoms with E-state index in [2.05, 4.69) is 20.6 Å². The maximum Gasteiger partial charge on any atom is 0.159 e. The van der Waals surface area contributed by atoms with E-state index in [1.807, 2.05) is 25.1 Å². The number of benzene rings is 1. The van der Waals surface area contributed by atoms with Crippen LogP contribution < -0.4 is 16.4 Å². The van der Waals surface area contributed by atoms with Gasteiger partial charge in [0.2, 0.25) is 0 Å². The second-order valence-corrected chi connectivity index (χ2v) is 6.11. The van der Waals surface area contributed by atoms with Crippen LogP contribution >= 0.6 is 11.6 Å². The zero-order valence-corrected chi connectivity index (χ0v) is 13.3. The third kappa shape index (κ3) is 3.25. The van der Waals surface area contributed by atoms with E-state index in [9.17, 15) is 0 Å². The first-order valence-corrected chi connectivity index (χ1v) is 7.91. The van der Waals surface area contributed by atoms with Gasteiger partial charge < -0.3 is 16.4 Å². The van der Waals surface area contributed by atoms with Crippen LogP contribution in [-0.4, -0.2) is 16.0 Å². The normalized spacial score (nSPS) is 15.0. The number of hydrogen-bond acceptors (Lipinski definition) is 5. The molecular weight excluding hydrogens is 298 g/mol. The highest BCUT2D eigenvalue weighted by Crippen LogP contribution is 2.30. The van der Waals surface area contributed by atoms with Crippen molar-refractivity contribution < 1.29 is 0 Å². The molecule has 0 radical (unpaired) electrons. The van der Waals surface area contributed by atoms with Crippen molar-refractivity contribution in [2.24, 2.45) is 0 Å². The van der Waals surface area contributed by atoms with Crippen molar-refractivity contribution in [2.45, 2.75) is 38.6 Å². The monoisotopic (exact) mass is 317 g/mol. The molecular formula is C16H20ClN5. The Hall–Kier alpha value is -2.01. The molecule has 22 heavy (non-hydrogen) atoms. The fraction of sp³-hybridized carbons (Fsp3) is 0.375. The van der Waals surface area contributed by atoms with E-state index in [-0.39, 0.29) is 0 Å². The molecule has 1 fully saturated rings. The molecule has 1 aliphatic rings. The van der Waals surface area contributed by atoms with Crippen LogP contribution in [0, 0.1) is 6.92 Å². The van der Waals surface area contributed by atoms with Gasteiger partial charge in [0.15, 0.2) is 11.6 Å². The fourth-order valence-corrected chi connectivity index (χ4v) is 2.86. The van der Waals surface area contributed by atoms with Gasteiger partial charge in [0.05, 0.1) is 0 Å². The molecule has 0 amide bonds. The first kappa shape index (κ1) is 14.9. The third-order valence-corrected chi connectivity index (χ3v) is 4.42. The molecule has 116 valence electrons. The number of halogens is 1. The Balaban J connectivity index is 1.79. The first-order chi connectivity index (χ1) is 10.6. The lowest BCUT2D eigenvalue weighted by Gasteiger charge is -2.16. The average molecular weight is 318 g/mol. The molecule has 1 aromatic carbocycles. The molecule has 1 aliphatic carbocycles. The summed E-state index contributed by atoms with van der Waals surface area (Å²) in [6, 6.07) is 6.23. The number of aromatic nitrogens is 2. The quantitative estimate of drug-likeness (QED) is 0.791. The fourth-order valence-electron chi connectivity index (χ4n) is 2.68. The maximum absolute atomic E-state index is 6.19. The van der Waals surface area contributed by atoms with E-state index in [0.717, 1.165) is 11.3 Å². The molecule has 1 saturated carbocycles. The van der Waals surface area contributed by atoms with Crippen molar-refractivity contribution in [1.82, 2.24) is 9.97 Å². The molecule has 0 aliphatic heterocycles. The molecule has 1 aromatic heterocycles. The number of anilines is 4. The van der Waals surface area contributed by atoms with Crippen molar-refractivity contribution in [3.63, 3.8) is 0 Å². The predicted octanol–water partition coefficient (Wildman–Crippen LogP) is 4.12. The predicted molar refractivity (Wildman–Crippen MR) is 91.8 cm³/mol. The largest absolute Gasteiger partial charge is 0.393 e. The lowest BCUT2D eigenvalue weighted by molar-refractivity contribution is 0.750. The Labute approximate surface area is 135 Å². The minimum Gasteiger partial charge on any atom is -0.393 e. The van der Waals surface area contributed by atoms with Crippen molar-refractivity contribution in [3.05, 3.63) is 35.1 Å². The minimum atomic E-state index is 0.457. The lowest BCUT2D eigenvalue weighted by Crippen LogP contribution is -2.17. The van der Waals surface area contributed by atoms with Gasteiger partial charge in [0, 0.05) is 16.8 Å².